The molecule has 2 aromatic rings. The summed E-state index contributed by atoms with van der Waals surface area (Å²) in [6.45, 7) is 9.24. The molecular weight excluding hydrogens is 590 g/mol. The maximum atomic E-state index is 14.2. The number of nitriles is 1. The predicted molar refractivity (Wildman–Crippen MR) is 169 cm³/mol. The third-order valence-electron chi connectivity index (χ3n) is 6.16. The van der Waals surface area contributed by atoms with E-state index in [2.05, 4.69) is 16.6 Å². The van der Waals surface area contributed by atoms with Crippen molar-refractivity contribution < 1.29 is 33.4 Å². The van der Waals surface area contributed by atoms with E-state index >= 15 is 0 Å². The lowest BCUT2D eigenvalue weighted by molar-refractivity contribution is -0.159. The molecule has 3 unspecified atom stereocenters. The molecule has 46 heavy (non-hydrogen) atoms. The summed E-state index contributed by atoms with van der Waals surface area (Å²) in [4.78, 5) is 67.0. The Hall–Kier alpha value is -5.36. The van der Waals surface area contributed by atoms with Crippen LogP contribution in [0.2, 0.25) is 0 Å². The average molecular weight is 632 g/mol. The molecule has 12 nitrogen and oxygen atoms in total. The first-order chi connectivity index (χ1) is 21.4. The zero-order valence-corrected chi connectivity index (χ0v) is 27.0. The second kappa shape index (κ2) is 16.1. The second-order valence-corrected chi connectivity index (χ2v) is 12.4. The monoisotopic (exact) mass is 631 g/mol. The number of nitrogens with one attached hydrogen (secondary N) is 2. The molecule has 0 radical (unpaired) electrons. The number of nitrogens with two attached hydrogens (primary N) is 1. The summed E-state index contributed by atoms with van der Waals surface area (Å²) in [6, 6.07) is 12.6. The smallest absolute Gasteiger partial charge is 0.408 e. The summed E-state index contributed by atoms with van der Waals surface area (Å²) in [6.07, 6.45) is 3.89. The quantitative estimate of drug-likeness (QED) is 0.182. The number of nitrogens with zero attached hydrogens (tertiary/aromatic N) is 2. The van der Waals surface area contributed by atoms with Gasteiger partial charge in [-0.15, -0.1) is 6.42 Å². The molecule has 12 heteroatoms. The minimum atomic E-state index is -1.59. The number of primary amides is 1. The molecule has 0 spiro atoms. The molecule has 2 rings (SSSR count). The molecule has 0 aliphatic heterocycles. The average Bonchev–Trinajstić information content (AvgIpc) is 2.94. The number of hydrogen-bond donors (Lipinski definition) is 3. The van der Waals surface area contributed by atoms with Crippen molar-refractivity contribution in [2.24, 2.45) is 5.73 Å². The number of carbonyl (C=O) groups excluding carboxylic acids is 5. The lowest BCUT2D eigenvalue weighted by atomic mass is 9.99. The highest BCUT2D eigenvalue weighted by Crippen LogP contribution is 2.24. The van der Waals surface area contributed by atoms with Gasteiger partial charge in [0.1, 0.15) is 35.9 Å². The molecule has 0 heterocycles. The normalized spacial score (nSPS) is 13.0. The van der Waals surface area contributed by atoms with E-state index in [1.807, 2.05) is 6.07 Å². The largest absolute Gasteiger partial charge is 0.458 e. The molecule has 0 aliphatic carbocycles. The highest BCUT2D eigenvalue weighted by atomic mass is 16.6. The number of rotatable bonds is 12. The molecule has 0 aliphatic rings. The number of carbonyl (C=O) groups is 5. The minimum absolute atomic E-state index is 0.0565. The van der Waals surface area contributed by atoms with E-state index in [0.29, 0.717) is 5.56 Å². The van der Waals surface area contributed by atoms with Gasteiger partial charge in [0.15, 0.2) is 0 Å². The lowest BCUT2D eigenvalue weighted by Crippen LogP contribution is -2.55. The number of alkyl carbamates (subject to hydrolysis) is 1. The maximum Gasteiger partial charge on any atom is 0.408 e. The van der Waals surface area contributed by atoms with Crippen LogP contribution < -0.4 is 16.4 Å². The predicted octanol–water partition coefficient (Wildman–Crippen LogP) is 2.90. The third kappa shape index (κ3) is 12.0. The maximum absolute atomic E-state index is 14.2. The van der Waals surface area contributed by atoms with Crippen LogP contribution in [0.15, 0.2) is 54.6 Å². The van der Waals surface area contributed by atoms with Crippen LogP contribution in [0.1, 0.15) is 70.7 Å². The van der Waals surface area contributed by atoms with E-state index in [-0.39, 0.29) is 12.0 Å². The Labute approximate surface area is 269 Å². The first kappa shape index (κ1) is 36.8. The number of amides is 4. The Bertz CT molecular complexity index is 1480. The molecule has 3 atom stereocenters. The summed E-state index contributed by atoms with van der Waals surface area (Å²) in [5.41, 5.74) is 5.02. The van der Waals surface area contributed by atoms with Gasteiger partial charge in [-0.3, -0.25) is 14.4 Å². The van der Waals surface area contributed by atoms with Crippen molar-refractivity contribution in [2.75, 3.05) is 6.54 Å². The van der Waals surface area contributed by atoms with Crippen LogP contribution in [0.3, 0.4) is 0 Å². The summed E-state index contributed by atoms with van der Waals surface area (Å²) in [5.74, 6) is -0.986. The van der Waals surface area contributed by atoms with Crippen molar-refractivity contribution in [3.05, 3.63) is 71.3 Å². The van der Waals surface area contributed by atoms with Crippen molar-refractivity contribution >= 4 is 29.8 Å². The number of esters is 1. The van der Waals surface area contributed by atoms with Crippen molar-refractivity contribution in [1.29, 1.82) is 5.26 Å². The van der Waals surface area contributed by atoms with Gasteiger partial charge in [0.05, 0.1) is 12.5 Å². The van der Waals surface area contributed by atoms with Gasteiger partial charge in [0.2, 0.25) is 17.7 Å². The minimum Gasteiger partial charge on any atom is -0.458 e. The van der Waals surface area contributed by atoms with Gasteiger partial charge >= 0.3 is 12.1 Å². The molecule has 4 amide bonds. The molecular formula is C34H41N5O7. The molecule has 0 bridgehead atoms. The SMILES string of the molecule is C#Cc1ccc(C(C(=O)NC(Cc2ccccc2)C(=O)OC(C)(C)C)N(CC#N)C(=O)C(CC(N)=O)NC(=O)OC(C)(C)C)cc1. The van der Waals surface area contributed by atoms with E-state index in [4.69, 9.17) is 21.6 Å². The van der Waals surface area contributed by atoms with Crippen LogP contribution in [0.4, 0.5) is 4.79 Å². The second-order valence-electron chi connectivity index (χ2n) is 12.4. The number of ether oxygens (including phenoxy) is 2. The number of terminal acetylenes is 1. The fourth-order valence-electron chi connectivity index (χ4n) is 4.33. The van der Waals surface area contributed by atoms with Crippen molar-refractivity contribution in [1.82, 2.24) is 15.5 Å². The van der Waals surface area contributed by atoms with Gasteiger partial charge < -0.3 is 30.7 Å². The Morgan fingerprint density at radius 2 is 1.48 bits per heavy atom. The Kier molecular flexibility index (Phi) is 12.9. The zero-order valence-electron chi connectivity index (χ0n) is 27.0. The summed E-state index contributed by atoms with van der Waals surface area (Å²) >= 11 is 0. The topological polar surface area (TPSA) is 181 Å². The number of benzene rings is 2. The zero-order chi connectivity index (χ0) is 34.7. The number of hydrogen-bond acceptors (Lipinski definition) is 8. The van der Waals surface area contributed by atoms with Crippen molar-refractivity contribution in [3.8, 4) is 18.4 Å². The van der Waals surface area contributed by atoms with E-state index in [1.54, 1.807) is 84.0 Å². The van der Waals surface area contributed by atoms with Crippen LogP contribution in [-0.4, -0.2) is 64.5 Å². The van der Waals surface area contributed by atoms with E-state index in [1.165, 1.54) is 12.1 Å². The van der Waals surface area contributed by atoms with Crippen LogP contribution in [-0.2, 0) is 35.1 Å². The molecule has 4 N–H and O–H groups in total. The fourth-order valence-corrected chi connectivity index (χ4v) is 4.33. The highest BCUT2D eigenvalue weighted by Gasteiger charge is 2.39. The van der Waals surface area contributed by atoms with Crippen LogP contribution in [0.25, 0.3) is 0 Å². The highest BCUT2D eigenvalue weighted by molar-refractivity contribution is 5.95. The standard InChI is InChI=1S/C34H41N5O7/c1-8-22-14-16-24(17-15-22)28(29(41)37-26(31(43)45-33(2,3)4)20-23-12-10-9-11-13-23)39(19-18-35)30(42)25(21-27(36)40)38-32(44)46-34(5,6)7/h1,9-17,25-26,28H,19-21H2,2-7H3,(H2,36,40)(H,37,41)(H,38,44). The summed E-state index contributed by atoms with van der Waals surface area (Å²) in [7, 11) is 0. The third-order valence-corrected chi connectivity index (χ3v) is 6.16. The summed E-state index contributed by atoms with van der Waals surface area (Å²) < 4.78 is 10.8. The molecule has 0 saturated carbocycles. The Morgan fingerprint density at radius 1 is 0.891 bits per heavy atom. The van der Waals surface area contributed by atoms with Gasteiger partial charge in [0, 0.05) is 12.0 Å². The van der Waals surface area contributed by atoms with Gasteiger partial charge in [-0.05, 0) is 64.8 Å². The molecule has 2 aromatic carbocycles. The van der Waals surface area contributed by atoms with Gasteiger partial charge in [-0.1, -0.05) is 48.4 Å². The Morgan fingerprint density at radius 3 is 1.98 bits per heavy atom. The lowest BCUT2D eigenvalue weighted by Gasteiger charge is -2.33. The van der Waals surface area contributed by atoms with E-state index < -0.39 is 72.1 Å². The van der Waals surface area contributed by atoms with Crippen LogP contribution >= 0.6 is 0 Å². The van der Waals surface area contributed by atoms with Gasteiger partial charge in [0.25, 0.3) is 0 Å². The van der Waals surface area contributed by atoms with Gasteiger partial charge in [-0.2, -0.15) is 5.26 Å². The van der Waals surface area contributed by atoms with Crippen molar-refractivity contribution in [3.63, 3.8) is 0 Å². The fraction of sp³-hybridized carbons (Fsp3) is 0.412. The van der Waals surface area contributed by atoms with Gasteiger partial charge in [-0.25, -0.2) is 9.59 Å². The molecule has 0 aromatic heterocycles. The van der Waals surface area contributed by atoms with Crippen LogP contribution in [0, 0.1) is 23.7 Å². The van der Waals surface area contributed by atoms with E-state index in [9.17, 15) is 29.2 Å². The van der Waals surface area contributed by atoms with E-state index in [0.717, 1.165) is 10.5 Å². The van der Waals surface area contributed by atoms with Crippen molar-refractivity contribution in [2.45, 2.75) is 83.7 Å². The Balaban J connectivity index is 2.61. The molecule has 244 valence electrons. The van der Waals surface area contributed by atoms with Crippen LogP contribution in [0.5, 0.6) is 0 Å². The first-order valence-electron chi connectivity index (χ1n) is 14.5. The first-order valence-corrected chi connectivity index (χ1v) is 14.5. The molecule has 0 fully saturated rings. The molecule has 0 saturated heterocycles. The summed E-state index contributed by atoms with van der Waals surface area (Å²) in [5, 5.41) is 14.8.